The van der Waals surface area contributed by atoms with Crippen molar-refractivity contribution in [2.45, 2.75) is 71.9 Å². The third-order valence-electron chi connectivity index (χ3n) is 4.21. The first-order valence-electron chi connectivity index (χ1n) is 7.95. The number of likely N-dealkylation sites (tertiary alicyclic amines) is 1. The summed E-state index contributed by atoms with van der Waals surface area (Å²) in [5.41, 5.74) is 0.479. The summed E-state index contributed by atoms with van der Waals surface area (Å²) < 4.78 is 0. The Morgan fingerprint density at radius 3 is 2.44 bits per heavy atom. The fraction of sp³-hybridized carbons (Fsp3) is 1.00. The van der Waals surface area contributed by atoms with Crippen LogP contribution in [-0.4, -0.2) is 36.6 Å². The van der Waals surface area contributed by atoms with Crippen LogP contribution in [0.15, 0.2) is 0 Å². The van der Waals surface area contributed by atoms with Crippen molar-refractivity contribution in [3.8, 4) is 0 Å². The minimum Gasteiger partial charge on any atom is -0.313 e. The van der Waals surface area contributed by atoms with Crippen LogP contribution < -0.4 is 5.32 Å². The molecule has 2 aliphatic rings. The molecule has 0 spiro atoms. The Balaban J connectivity index is 1.88. The lowest BCUT2D eigenvalue weighted by molar-refractivity contribution is 0.108. The molecular weight excluding hydrogens is 220 g/mol. The van der Waals surface area contributed by atoms with Gasteiger partial charge in [-0.05, 0) is 50.0 Å². The fourth-order valence-electron chi connectivity index (χ4n) is 3.49. The van der Waals surface area contributed by atoms with E-state index < -0.39 is 0 Å². The van der Waals surface area contributed by atoms with Crippen LogP contribution >= 0.6 is 0 Å². The zero-order valence-electron chi connectivity index (χ0n) is 12.8. The maximum absolute atomic E-state index is 3.76. The molecule has 1 heterocycles. The summed E-state index contributed by atoms with van der Waals surface area (Å²) >= 11 is 0. The molecule has 1 aliphatic carbocycles. The minimum atomic E-state index is 0.479. The molecule has 1 N–H and O–H groups in total. The maximum atomic E-state index is 3.76. The standard InChI is InChI=1S/C16H32N2/c1-5-8-17-14-9-13(10-16(2,3)4)11-18(12-14)15-6-7-15/h13-15,17H,5-12H2,1-4H3. The highest BCUT2D eigenvalue weighted by atomic mass is 15.2. The molecule has 2 atom stereocenters. The second kappa shape index (κ2) is 5.92. The van der Waals surface area contributed by atoms with Crippen LogP contribution in [-0.2, 0) is 0 Å². The van der Waals surface area contributed by atoms with Gasteiger partial charge < -0.3 is 5.32 Å². The van der Waals surface area contributed by atoms with Crippen LogP contribution in [0, 0.1) is 11.3 Å². The smallest absolute Gasteiger partial charge is 0.0198 e. The molecule has 1 saturated heterocycles. The molecule has 2 heteroatoms. The van der Waals surface area contributed by atoms with Gasteiger partial charge in [0.1, 0.15) is 0 Å². The van der Waals surface area contributed by atoms with Crippen LogP contribution in [0.4, 0.5) is 0 Å². The molecule has 2 unspecified atom stereocenters. The van der Waals surface area contributed by atoms with Gasteiger partial charge in [0.15, 0.2) is 0 Å². The predicted molar refractivity (Wildman–Crippen MR) is 78.9 cm³/mol. The molecule has 1 aliphatic heterocycles. The van der Waals surface area contributed by atoms with E-state index in [1.54, 1.807) is 0 Å². The lowest BCUT2D eigenvalue weighted by Gasteiger charge is -2.40. The summed E-state index contributed by atoms with van der Waals surface area (Å²) in [6, 6.07) is 1.67. The summed E-state index contributed by atoms with van der Waals surface area (Å²) in [6.07, 6.45) is 6.91. The van der Waals surface area contributed by atoms with E-state index in [-0.39, 0.29) is 0 Å². The fourth-order valence-corrected chi connectivity index (χ4v) is 3.49. The Hall–Kier alpha value is -0.0800. The topological polar surface area (TPSA) is 15.3 Å². The zero-order chi connectivity index (χ0) is 13.2. The van der Waals surface area contributed by atoms with E-state index in [0.29, 0.717) is 5.41 Å². The Kier molecular flexibility index (Phi) is 4.71. The van der Waals surface area contributed by atoms with Crippen LogP contribution in [0.2, 0.25) is 0 Å². The number of hydrogen-bond acceptors (Lipinski definition) is 2. The molecule has 2 fully saturated rings. The summed E-state index contributed by atoms with van der Waals surface area (Å²) in [5.74, 6) is 0.897. The average Bonchev–Trinajstić information content (AvgIpc) is 3.07. The van der Waals surface area contributed by atoms with Gasteiger partial charge in [0.2, 0.25) is 0 Å². The summed E-state index contributed by atoms with van der Waals surface area (Å²) in [5, 5.41) is 3.76. The monoisotopic (exact) mass is 252 g/mol. The van der Waals surface area contributed by atoms with E-state index in [1.807, 2.05) is 0 Å². The second-order valence-corrected chi connectivity index (χ2v) is 7.70. The highest BCUT2D eigenvalue weighted by molar-refractivity contribution is 4.93. The van der Waals surface area contributed by atoms with Gasteiger partial charge in [0.25, 0.3) is 0 Å². The quantitative estimate of drug-likeness (QED) is 0.808. The average molecular weight is 252 g/mol. The summed E-state index contributed by atoms with van der Waals surface area (Å²) in [7, 11) is 0. The molecule has 2 rings (SSSR count). The lowest BCUT2D eigenvalue weighted by atomic mass is 9.80. The molecule has 106 valence electrons. The van der Waals surface area contributed by atoms with Crippen molar-refractivity contribution in [2.24, 2.45) is 11.3 Å². The number of hydrogen-bond donors (Lipinski definition) is 1. The van der Waals surface area contributed by atoms with Gasteiger partial charge >= 0.3 is 0 Å². The largest absolute Gasteiger partial charge is 0.313 e. The molecule has 1 saturated carbocycles. The zero-order valence-corrected chi connectivity index (χ0v) is 12.8. The van der Waals surface area contributed by atoms with Crippen molar-refractivity contribution < 1.29 is 0 Å². The number of piperidine rings is 1. The van der Waals surface area contributed by atoms with Crippen molar-refractivity contribution >= 4 is 0 Å². The molecule has 18 heavy (non-hydrogen) atoms. The molecule has 0 aromatic heterocycles. The highest BCUT2D eigenvalue weighted by Gasteiger charge is 2.36. The lowest BCUT2D eigenvalue weighted by Crippen LogP contribution is -2.50. The van der Waals surface area contributed by atoms with Gasteiger partial charge in [-0.25, -0.2) is 0 Å². The van der Waals surface area contributed by atoms with E-state index in [0.717, 1.165) is 18.0 Å². The SMILES string of the molecule is CCCNC1CC(CC(C)(C)C)CN(C2CC2)C1. The van der Waals surface area contributed by atoms with Crippen molar-refractivity contribution in [1.82, 2.24) is 10.2 Å². The van der Waals surface area contributed by atoms with E-state index in [1.165, 1.54) is 51.7 Å². The molecule has 0 amide bonds. The predicted octanol–water partition coefficient (Wildman–Crippen LogP) is 3.28. The third kappa shape index (κ3) is 4.55. The van der Waals surface area contributed by atoms with Crippen LogP contribution in [0.5, 0.6) is 0 Å². The Morgan fingerprint density at radius 1 is 1.17 bits per heavy atom. The first kappa shape index (κ1) is 14.3. The molecule has 0 radical (unpaired) electrons. The van der Waals surface area contributed by atoms with Gasteiger partial charge in [0.05, 0.1) is 0 Å². The molecular formula is C16H32N2. The molecule has 0 aromatic carbocycles. The van der Waals surface area contributed by atoms with Gasteiger partial charge in [0, 0.05) is 25.2 Å². The van der Waals surface area contributed by atoms with Crippen LogP contribution in [0.3, 0.4) is 0 Å². The van der Waals surface area contributed by atoms with E-state index in [9.17, 15) is 0 Å². The Labute approximate surface area is 114 Å². The van der Waals surface area contributed by atoms with E-state index >= 15 is 0 Å². The van der Waals surface area contributed by atoms with E-state index in [4.69, 9.17) is 0 Å². The van der Waals surface area contributed by atoms with Gasteiger partial charge in [-0.3, -0.25) is 4.90 Å². The minimum absolute atomic E-state index is 0.479. The number of nitrogens with zero attached hydrogens (tertiary/aromatic N) is 1. The van der Waals surface area contributed by atoms with Crippen molar-refractivity contribution in [1.29, 1.82) is 0 Å². The highest BCUT2D eigenvalue weighted by Crippen LogP contribution is 2.35. The van der Waals surface area contributed by atoms with Crippen molar-refractivity contribution in [2.75, 3.05) is 19.6 Å². The third-order valence-corrected chi connectivity index (χ3v) is 4.21. The van der Waals surface area contributed by atoms with E-state index in [2.05, 4.69) is 37.9 Å². The number of rotatable bonds is 5. The van der Waals surface area contributed by atoms with Gasteiger partial charge in [-0.1, -0.05) is 27.7 Å². The molecule has 0 aromatic rings. The van der Waals surface area contributed by atoms with Crippen molar-refractivity contribution in [3.05, 3.63) is 0 Å². The molecule has 0 bridgehead atoms. The van der Waals surface area contributed by atoms with Gasteiger partial charge in [-0.15, -0.1) is 0 Å². The Morgan fingerprint density at radius 2 is 1.89 bits per heavy atom. The van der Waals surface area contributed by atoms with Gasteiger partial charge in [-0.2, -0.15) is 0 Å². The van der Waals surface area contributed by atoms with Crippen LogP contribution in [0.25, 0.3) is 0 Å². The second-order valence-electron chi connectivity index (χ2n) is 7.70. The summed E-state index contributed by atoms with van der Waals surface area (Å²) in [6.45, 7) is 13.3. The molecule has 2 nitrogen and oxygen atoms in total. The first-order valence-corrected chi connectivity index (χ1v) is 7.95. The normalized spacial score (nSPS) is 30.7. The Bertz CT molecular complexity index is 252. The maximum Gasteiger partial charge on any atom is 0.0198 e. The number of nitrogens with one attached hydrogen (secondary N) is 1. The van der Waals surface area contributed by atoms with Crippen LogP contribution in [0.1, 0.15) is 59.8 Å². The first-order chi connectivity index (χ1) is 8.48. The van der Waals surface area contributed by atoms with Crippen molar-refractivity contribution in [3.63, 3.8) is 0 Å². The summed E-state index contributed by atoms with van der Waals surface area (Å²) in [4.78, 5) is 2.77.